The highest BCUT2D eigenvalue weighted by Gasteiger charge is 2.46. The standard InChI is InChI=1S/C73H48N2O2/c1-2-48-25-36-59(37-26-48)76-60-38-31-54(32-39-60)73(53-15-5-3-6-16-53)67-22-12-9-19-61(67)62-40-34-57(46-68(62)73)74(58-35-41-65-64-21-11-14-24-71(64)77-72(65)47-58)56-33-29-50-43-49(27-28-51(50)44-56)52-30-42-70-66(45-52)63-20-10-13-23-69(63)75(70)55-17-7-4-8-18-55/h2-47H,1H2. The van der Waals surface area contributed by atoms with E-state index in [9.17, 15) is 0 Å². The summed E-state index contributed by atoms with van der Waals surface area (Å²) in [7, 11) is 0. The average molecular weight is 985 g/mol. The number of fused-ring (bicyclic) bond motifs is 10. The summed E-state index contributed by atoms with van der Waals surface area (Å²) < 4.78 is 15.4. The Labute approximate surface area is 446 Å². The first-order valence-corrected chi connectivity index (χ1v) is 26.2. The Hall–Kier alpha value is -10.2. The molecule has 2 aromatic heterocycles. The Morgan fingerprint density at radius 1 is 0.403 bits per heavy atom. The van der Waals surface area contributed by atoms with Gasteiger partial charge in [0.05, 0.1) is 16.4 Å². The van der Waals surface area contributed by atoms with E-state index in [-0.39, 0.29) is 0 Å². The molecule has 0 spiro atoms. The Bertz CT molecular complexity index is 4610. The highest BCUT2D eigenvalue weighted by atomic mass is 16.5. The number of furan rings is 1. The van der Waals surface area contributed by atoms with Gasteiger partial charge in [-0.15, -0.1) is 0 Å². The lowest BCUT2D eigenvalue weighted by Crippen LogP contribution is -2.28. The summed E-state index contributed by atoms with van der Waals surface area (Å²) in [4.78, 5) is 2.39. The number of benzene rings is 12. The maximum Gasteiger partial charge on any atom is 0.137 e. The van der Waals surface area contributed by atoms with Crippen molar-refractivity contribution in [1.29, 1.82) is 0 Å². The molecule has 15 rings (SSSR count). The van der Waals surface area contributed by atoms with Gasteiger partial charge in [0.1, 0.15) is 22.7 Å². The number of hydrogen-bond donors (Lipinski definition) is 0. The predicted molar refractivity (Wildman–Crippen MR) is 320 cm³/mol. The maximum absolute atomic E-state index is 6.60. The fraction of sp³-hybridized carbons (Fsp3) is 0.0137. The lowest BCUT2D eigenvalue weighted by Gasteiger charge is -2.35. The molecule has 12 aromatic carbocycles. The van der Waals surface area contributed by atoms with Crippen LogP contribution in [-0.2, 0) is 5.41 Å². The number of nitrogens with zero attached hydrogens (tertiary/aromatic N) is 2. The molecule has 0 aliphatic heterocycles. The Kier molecular flexibility index (Phi) is 10.2. The van der Waals surface area contributed by atoms with Crippen molar-refractivity contribution in [3.63, 3.8) is 0 Å². The molecule has 0 radical (unpaired) electrons. The number of anilines is 3. The van der Waals surface area contributed by atoms with Crippen molar-refractivity contribution in [1.82, 2.24) is 4.57 Å². The largest absolute Gasteiger partial charge is 0.457 e. The predicted octanol–water partition coefficient (Wildman–Crippen LogP) is 19.8. The third-order valence-corrected chi connectivity index (χ3v) is 15.9. The van der Waals surface area contributed by atoms with Gasteiger partial charge in [-0.25, -0.2) is 0 Å². The Balaban J connectivity index is 0.877. The van der Waals surface area contributed by atoms with Gasteiger partial charge in [-0.2, -0.15) is 0 Å². The molecule has 0 saturated heterocycles. The van der Waals surface area contributed by atoms with Crippen LogP contribution in [0.5, 0.6) is 11.5 Å². The molecular weight excluding hydrogens is 937 g/mol. The van der Waals surface area contributed by atoms with Gasteiger partial charge < -0.3 is 18.6 Å². The monoisotopic (exact) mass is 984 g/mol. The minimum atomic E-state index is -0.652. The number of ether oxygens (including phenoxy) is 1. The fourth-order valence-corrected chi connectivity index (χ4v) is 12.3. The van der Waals surface area contributed by atoms with Crippen molar-refractivity contribution in [2.45, 2.75) is 5.41 Å². The summed E-state index contributed by atoms with van der Waals surface area (Å²) in [5.41, 5.74) is 18.3. The number of para-hydroxylation sites is 3. The zero-order chi connectivity index (χ0) is 51.0. The molecule has 1 unspecified atom stereocenters. The van der Waals surface area contributed by atoms with Crippen molar-refractivity contribution in [3.05, 3.63) is 307 Å². The second-order valence-electron chi connectivity index (χ2n) is 20.1. The topological polar surface area (TPSA) is 30.5 Å². The molecule has 362 valence electrons. The number of aromatic nitrogens is 1. The van der Waals surface area contributed by atoms with Gasteiger partial charge in [0.2, 0.25) is 0 Å². The molecular formula is C73H48N2O2. The summed E-state index contributed by atoms with van der Waals surface area (Å²) in [6.45, 7) is 3.91. The second-order valence-corrected chi connectivity index (χ2v) is 20.1. The first kappa shape index (κ1) is 44.3. The molecule has 0 saturated carbocycles. The maximum atomic E-state index is 6.60. The van der Waals surface area contributed by atoms with E-state index < -0.39 is 5.41 Å². The molecule has 1 aliphatic rings. The molecule has 0 bridgehead atoms. The third-order valence-electron chi connectivity index (χ3n) is 15.9. The van der Waals surface area contributed by atoms with Gasteiger partial charge in [0.15, 0.2) is 0 Å². The number of rotatable bonds is 10. The van der Waals surface area contributed by atoms with Crippen LogP contribution in [0.15, 0.2) is 284 Å². The smallest absolute Gasteiger partial charge is 0.137 e. The Morgan fingerprint density at radius 3 is 1.82 bits per heavy atom. The third kappa shape index (κ3) is 7.14. The zero-order valence-electron chi connectivity index (χ0n) is 42.0. The van der Waals surface area contributed by atoms with Gasteiger partial charge in [-0.1, -0.05) is 176 Å². The highest BCUT2D eigenvalue weighted by Crippen LogP contribution is 2.57. The minimum Gasteiger partial charge on any atom is -0.457 e. The summed E-state index contributed by atoms with van der Waals surface area (Å²) in [5.74, 6) is 1.55. The number of hydrogen-bond acceptors (Lipinski definition) is 3. The normalized spacial score (nSPS) is 13.8. The molecule has 0 N–H and O–H groups in total. The molecule has 1 aliphatic carbocycles. The molecule has 14 aromatic rings. The second kappa shape index (κ2) is 17.8. The van der Waals surface area contributed by atoms with Gasteiger partial charge in [-0.05, 0) is 164 Å². The lowest BCUT2D eigenvalue weighted by molar-refractivity contribution is 0.482. The summed E-state index contributed by atoms with van der Waals surface area (Å²) in [5, 5.41) is 6.98. The molecule has 4 heteroatoms. The van der Waals surface area contributed by atoms with E-state index in [0.717, 1.165) is 72.7 Å². The molecule has 0 fully saturated rings. The average Bonchev–Trinajstić information content (AvgIpc) is 4.28. The quantitative estimate of drug-likeness (QED) is 0.137. The SMILES string of the molecule is C=Cc1ccc(Oc2ccc(C3(c4ccccc4)c4ccccc4-c4ccc(N(c5ccc6cc(-c7ccc8c(c7)c7ccccc7n8-c7ccccc7)ccc6c5)c5ccc6c(c5)oc5ccccc56)cc43)cc2)cc1. The Morgan fingerprint density at radius 2 is 0.987 bits per heavy atom. The summed E-state index contributed by atoms with van der Waals surface area (Å²) in [6.07, 6.45) is 1.84. The van der Waals surface area contributed by atoms with Crippen LogP contribution in [0.4, 0.5) is 17.1 Å². The van der Waals surface area contributed by atoms with Crippen molar-refractivity contribution in [3.8, 4) is 39.4 Å². The van der Waals surface area contributed by atoms with Crippen LogP contribution in [0.25, 0.3) is 88.5 Å². The van der Waals surface area contributed by atoms with Crippen LogP contribution in [0.2, 0.25) is 0 Å². The van der Waals surface area contributed by atoms with Crippen LogP contribution in [0.1, 0.15) is 27.8 Å². The van der Waals surface area contributed by atoms with E-state index in [0.29, 0.717) is 0 Å². The summed E-state index contributed by atoms with van der Waals surface area (Å²) >= 11 is 0. The van der Waals surface area contributed by atoms with E-state index >= 15 is 0 Å². The zero-order valence-corrected chi connectivity index (χ0v) is 42.0. The van der Waals surface area contributed by atoms with Gasteiger partial charge >= 0.3 is 0 Å². The van der Waals surface area contributed by atoms with Crippen molar-refractivity contribution in [2.24, 2.45) is 0 Å². The highest BCUT2D eigenvalue weighted by molar-refractivity contribution is 6.11. The fourth-order valence-electron chi connectivity index (χ4n) is 12.3. The molecule has 0 amide bonds. The van der Waals surface area contributed by atoms with Crippen LogP contribution < -0.4 is 9.64 Å². The van der Waals surface area contributed by atoms with E-state index in [2.05, 4.69) is 253 Å². The van der Waals surface area contributed by atoms with Crippen LogP contribution in [-0.4, -0.2) is 4.57 Å². The first-order chi connectivity index (χ1) is 38.1. The molecule has 77 heavy (non-hydrogen) atoms. The first-order valence-electron chi connectivity index (χ1n) is 26.2. The minimum absolute atomic E-state index is 0.652. The van der Waals surface area contributed by atoms with Crippen molar-refractivity contribution < 1.29 is 9.15 Å². The van der Waals surface area contributed by atoms with Crippen LogP contribution in [0, 0.1) is 0 Å². The van der Waals surface area contributed by atoms with Crippen molar-refractivity contribution >= 4 is 77.7 Å². The molecule has 4 nitrogen and oxygen atoms in total. The summed E-state index contributed by atoms with van der Waals surface area (Å²) in [6, 6.07) is 98.5. The molecule has 1 atom stereocenters. The van der Waals surface area contributed by atoms with E-state index in [4.69, 9.17) is 9.15 Å². The van der Waals surface area contributed by atoms with E-state index in [1.807, 2.05) is 42.5 Å². The van der Waals surface area contributed by atoms with E-state index in [1.54, 1.807) is 0 Å². The van der Waals surface area contributed by atoms with Gasteiger partial charge in [0.25, 0.3) is 0 Å². The van der Waals surface area contributed by atoms with Crippen molar-refractivity contribution in [2.75, 3.05) is 4.90 Å². The van der Waals surface area contributed by atoms with Gasteiger partial charge in [0, 0.05) is 50.4 Å². The van der Waals surface area contributed by atoms with E-state index in [1.165, 1.54) is 66.1 Å². The van der Waals surface area contributed by atoms with Crippen LogP contribution >= 0.6 is 0 Å². The van der Waals surface area contributed by atoms with Gasteiger partial charge in [-0.3, -0.25) is 0 Å². The van der Waals surface area contributed by atoms with Crippen LogP contribution in [0.3, 0.4) is 0 Å². The molecule has 2 heterocycles. The lowest BCUT2D eigenvalue weighted by atomic mass is 9.67.